The van der Waals surface area contributed by atoms with Crippen molar-refractivity contribution in [3.8, 4) is 5.75 Å². The third-order valence-electron chi connectivity index (χ3n) is 4.55. The molecule has 0 saturated carbocycles. The predicted molar refractivity (Wildman–Crippen MR) is 97.2 cm³/mol. The van der Waals surface area contributed by atoms with Crippen LogP contribution in [0.2, 0.25) is 0 Å². The van der Waals surface area contributed by atoms with E-state index in [2.05, 4.69) is 11.6 Å². The average molecular weight is 395 g/mol. The molecule has 2 nitrogen and oxygen atoms in total. The quantitative estimate of drug-likeness (QED) is 0.269. The molecule has 2 aromatic carbocycles. The molecule has 0 atom stereocenters. The lowest BCUT2D eigenvalue weighted by Crippen LogP contribution is -2.17. The van der Waals surface area contributed by atoms with Gasteiger partial charge in [-0.05, 0) is 36.6 Å². The number of allylic oxidation sites excluding steroid dienone is 1. The van der Waals surface area contributed by atoms with Gasteiger partial charge in [0.15, 0.2) is 23.3 Å². The molecule has 28 heavy (non-hydrogen) atoms. The molecular formula is C21H18F5NO. The number of ether oxygens (including phenoxy) is 1. The highest BCUT2D eigenvalue weighted by Gasteiger charge is 2.30. The van der Waals surface area contributed by atoms with Gasteiger partial charge in [-0.1, -0.05) is 19.9 Å². The van der Waals surface area contributed by atoms with Crippen LogP contribution in [-0.2, 0) is 6.42 Å². The summed E-state index contributed by atoms with van der Waals surface area (Å²) in [5, 5.41) is 0. The minimum atomic E-state index is -2.20. The van der Waals surface area contributed by atoms with Gasteiger partial charge in [0.05, 0.1) is 17.9 Å². The second-order valence-corrected chi connectivity index (χ2v) is 6.42. The zero-order chi connectivity index (χ0) is 20.4. The van der Waals surface area contributed by atoms with Gasteiger partial charge in [-0.15, -0.1) is 0 Å². The molecule has 1 heterocycles. The highest BCUT2D eigenvalue weighted by molar-refractivity contribution is 6.32. The normalized spacial score (nSPS) is 13.1. The number of rotatable bonds is 6. The van der Waals surface area contributed by atoms with Crippen molar-refractivity contribution < 1.29 is 26.7 Å². The van der Waals surface area contributed by atoms with Crippen LogP contribution >= 0.6 is 0 Å². The Bertz CT molecular complexity index is 939. The highest BCUT2D eigenvalue weighted by atomic mass is 19.2. The van der Waals surface area contributed by atoms with Gasteiger partial charge in [-0.3, -0.25) is 4.99 Å². The lowest BCUT2D eigenvalue weighted by Gasteiger charge is -2.20. The summed E-state index contributed by atoms with van der Waals surface area (Å²) in [4.78, 5) is 4.22. The standard InChI is InChI=1S/C21H18F5NO/c1-3-4-9-28-13-5-6-14-12(10-13)7-8-27-21(14)11(2)15-16(22)18(24)20(26)19(25)17(15)23/h5-6,10H,2-4,7-9H2,1H3. The van der Waals surface area contributed by atoms with Gasteiger partial charge in [0.2, 0.25) is 5.82 Å². The Morgan fingerprint density at radius 1 is 1.04 bits per heavy atom. The van der Waals surface area contributed by atoms with E-state index in [4.69, 9.17) is 4.74 Å². The van der Waals surface area contributed by atoms with Crippen LogP contribution in [0.25, 0.3) is 5.57 Å². The van der Waals surface area contributed by atoms with Crippen LogP contribution < -0.4 is 4.74 Å². The maximum absolute atomic E-state index is 14.2. The van der Waals surface area contributed by atoms with E-state index in [0.717, 1.165) is 18.4 Å². The number of hydrogen-bond acceptors (Lipinski definition) is 2. The van der Waals surface area contributed by atoms with Crippen LogP contribution in [0.4, 0.5) is 22.0 Å². The minimum Gasteiger partial charge on any atom is -0.494 e. The average Bonchev–Trinajstić information content (AvgIpc) is 2.70. The lowest BCUT2D eigenvalue weighted by molar-refractivity contribution is 0.309. The Balaban J connectivity index is 1.99. The molecule has 0 unspecified atom stereocenters. The zero-order valence-corrected chi connectivity index (χ0v) is 15.2. The van der Waals surface area contributed by atoms with Gasteiger partial charge in [-0.25, -0.2) is 22.0 Å². The molecule has 0 bridgehead atoms. The first kappa shape index (κ1) is 20.0. The Morgan fingerprint density at radius 3 is 2.32 bits per heavy atom. The van der Waals surface area contributed by atoms with Gasteiger partial charge < -0.3 is 4.74 Å². The van der Waals surface area contributed by atoms with Crippen LogP contribution in [0.1, 0.15) is 36.5 Å². The highest BCUT2D eigenvalue weighted by Crippen LogP contribution is 2.32. The van der Waals surface area contributed by atoms with Crippen LogP contribution in [0.3, 0.4) is 0 Å². The number of hydrogen-bond donors (Lipinski definition) is 0. The first-order valence-corrected chi connectivity index (χ1v) is 8.88. The van der Waals surface area contributed by atoms with E-state index in [9.17, 15) is 22.0 Å². The van der Waals surface area contributed by atoms with Crippen molar-refractivity contribution in [3.05, 3.63) is 70.6 Å². The van der Waals surface area contributed by atoms with Crippen molar-refractivity contribution in [2.75, 3.05) is 13.2 Å². The minimum absolute atomic E-state index is 0.101. The molecule has 0 fully saturated rings. The number of fused-ring (bicyclic) bond motifs is 1. The van der Waals surface area contributed by atoms with Crippen molar-refractivity contribution in [1.82, 2.24) is 0 Å². The van der Waals surface area contributed by atoms with E-state index in [0.29, 0.717) is 30.9 Å². The maximum atomic E-state index is 14.2. The molecule has 0 aromatic heterocycles. The first-order valence-electron chi connectivity index (χ1n) is 8.88. The summed E-state index contributed by atoms with van der Waals surface area (Å²) >= 11 is 0. The number of nitrogens with zero attached hydrogens (tertiary/aromatic N) is 1. The summed E-state index contributed by atoms with van der Waals surface area (Å²) in [6.45, 7) is 6.48. The summed E-state index contributed by atoms with van der Waals surface area (Å²) in [6.07, 6.45) is 2.46. The van der Waals surface area contributed by atoms with E-state index >= 15 is 0 Å². The zero-order valence-electron chi connectivity index (χ0n) is 15.2. The second kappa shape index (κ2) is 8.12. The molecule has 148 valence electrons. The van der Waals surface area contributed by atoms with E-state index in [-0.39, 0.29) is 11.3 Å². The van der Waals surface area contributed by atoms with Crippen LogP contribution in [-0.4, -0.2) is 18.9 Å². The third kappa shape index (κ3) is 3.53. The summed E-state index contributed by atoms with van der Waals surface area (Å²) in [5.74, 6) is -9.41. The fourth-order valence-corrected chi connectivity index (χ4v) is 3.05. The molecule has 7 heteroatoms. The van der Waals surface area contributed by atoms with Gasteiger partial charge in [-0.2, -0.15) is 0 Å². The largest absolute Gasteiger partial charge is 0.494 e. The molecule has 0 amide bonds. The first-order chi connectivity index (χ1) is 13.4. The predicted octanol–water partition coefficient (Wildman–Crippen LogP) is 5.62. The SMILES string of the molecule is C=C(C1=NCCc2cc(OCCCC)ccc21)c1c(F)c(F)c(F)c(F)c1F. The van der Waals surface area contributed by atoms with Crippen LogP contribution in [0.15, 0.2) is 29.8 Å². The number of aliphatic imine (C=N–C) groups is 1. The molecule has 0 spiro atoms. The van der Waals surface area contributed by atoms with Crippen molar-refractivity contribution in [3.63, 3.8) is 0 Å². The smallest absolute Gasteiger partial charge is 0.200 e. The Morgan fingerprint density at radius 2 is 1.68 bits per heavy atom. The van der Waals surface area contributed by atoms with E-state index in [1.54, 1.807) is 18.2 Å². The maximum Gasteiger partial charge on any atom is 0.200 e. The molecule has 0 radical (unpaired) electrons. The van der Waals surface area contributed by atoms with Crippen molar-refractivity contribution in [1.29, 1.82) is 0 Å². The van der Waals surface area contributed by atoms with Crippen molar-refractivity contribution in [2.24, 2.45) is 4.99 Å². The van der Waals surface area contributed by atoms with Gasteiger partial charge in [0.25, 0.3) is 0 Å². The molecule has 3 rings (SSSR count). The lowest BCUT2D eigenvalue weighted by atomic mass is 9.90. The summed E-state index contributed by atoms with van der Waals surface area (Å²) < 4.78 is 74.4. The third-order valence-corrected chi connectivity index (χ3v) is 4.55. The van der Waals surface area contributed by atoms with Gasteiger partial charge >= 0.3 is 0 Å². The molecule has 2 aromatic rings. The van der Waals surface area contributed by atoms with Gasteiger partial charge in [0.1, 0.15) is 5.75 Å². The summed E-state index contributed by atoms with van der Waals surface area (Å²) in [6, 6.07) is 5.14. The van der Waals surface area contributed by atoms with Crippen molar-refractivity contribution in [2.45, 2.75) is 26.2 Å². The second-order valence-electron chi connectivity index (χ2n) is 6.42. The van der Waals surface area contributed by atoms with Crippen LogP contribution in [0, 0.1) is 29.1 Å². The van der Waals surface area contributed by atoms with E-state index in [1.165, 1.54) is 0 Å². The van der Waals surface area contributed by atoms with Crippen molar-refractivity contribution >= 4 is 11.3 Å². The Hall–Kier alpha value is -2.70. The van der Waals surface area contributed by atoms with Crippen LogP contribution in [0.5, 0.6) is 5.75 Å². The molecule has 0 N–H and O–H groups in total. The van der Waals surface area contributed by atoms with Gasteiger partial charge in [0, 0.05) is 17.7 Å². The monoisotopic (exact) mass is 395 g/mol. The Labute approximate surface area is 159 Å². The number of halogens is 5. The summed E-state index contributed by atoms with van der Waals surface area (Å²) in [5.41, 5.74) is 0.0243. The topological polar surface area (TPSA) is 21.6 Å². The summed E-state index contributed by atoms with van der Waals surface area (Å²) in [7, 11) is 0. The molecule has 0 aliphatic carbocycles. The fourth-order valence-electron chi connectivity index (χ4n) is 3.05. The molecule has 1 aliphatic heterocycles. The molecule has 0 saturated heterocycles. The number of benzene rings is 2. The molecular weight excluding hydrogens is 377 g/mol. The molecule has 1 aliphatic rings. The number of unbranched alkanes of at least 4 members (excludes halogenated alkanes) is 1. The van der Waals surface area contributed by atoms with E-state index < -0.39 is 34.6 Å². The fraction of sp³-hybridized carbons (Fsp3) is 0.286. The Kier molecular flexibility index (Phi) is 5.82. The van der Waals surface area contributed by atoms with E-state index in [1.807, 2.05) is 6.92 Å².